The van der Waals surface area contributed by atoms with Crippen LogP contribution in [-0.4, -0.2) is 12.8 Å². The quantitative estimate of drug-likeness (QED) is 0.677. The van der Waals surface area contributed by atoms with Gasteiger partial charge in [-0.05, 0) is 28.4 Å². The molecular formula is C16H26BN. The van der Waals surface area contributed by atoms with E-state index in [1.54, 1.807) is 0 Å². The maximum atomic E-state index is 6.22. The Morgan fingerprint density at radius 2 is 1.22 bits per heavy atom. The highest BCUT2D eigenvalue weighted by molar-refractivity contribution is 6.15. The number of aromatic nitrogens is 1. The highest BCUT2D eigenvalue weighted by atomic mass is 14.7. The first-order valence-corrected chi connectivity index (χ1v) is 6.64. The van der Waals surface area contributed by atoms with E-state index in [1.807, 2.05) is 13.8 Å². The molecule has 0 aliphatic heterocycles. The summed E-state index contributed by atoms with van der Waals surface area (Å²) in [4.78, 5) is 4.76. The third-order valence-corrected chi connectivity index (χ3v) is 3.12. The third kappa shape index (κ3) is 3.60. The van der Waals surface area contributed by atoms with Crippen LogP contribution in [0.4, 0.5) is 0 Å². The summed E-state index contributed by atoms with van der Waals surface area (Å²) in [6.45, 7) is 17.3. The summed E-state index contributed by atoms with van der Waals surface area (Å²) in [7, 11) is 6.22. The molecule has 2 radical (unpaired) electrons. The van der Waals surface area contributed by atoms with Gasteiger partial charge in [-0.1, -0.05) is 55.4 Å². The molecule has 0 unspecified atom stereocenters. The van der Waals surface area contributed by atoms with Crippen LogP contribution in [0.2, 0.25) is 0 Å². The van der Waals surface area contributed by atoms with Crippen molar-refractivity contribution in [2.24, 2.45) is 0 Å². The van der Waals surface area contributed by atoms with E-state index >= 15 is 0 Å². The molecule has 0 aliphatic rings. The van der Waals surface area contributed by atoms with Gasteiger partial charge in [0.25, 0.3) is 0 Å². The van der Waals surface area contributed by atoms with E-state index < -0.39 is 5.31 Å². The van der Waals surface area contributed by atoms with Gasteiger partial charge in [0.15, 0.2) is 0 Å². The van der Waals surface area contributed by atoms with E-state index in [0.29, 0.717) is 0 Å². The van der Waals surface area contributed by atoms with Gasteiger partial charge >= 0.3 is 0 Å². The summed E-state index contributed by atoms with van der Waals surface area (Å²) in [6.07, 6.45) is 0. The lowest BCUT2D eigenvalue weighted by Crippen LogP contribution is -2.25. The Morgan fingerprint density at radius 3 is 1.56 bits per heavy atom. The lowest BCUT2D eigenvalue weighted by Gasteiger charge is -2.28. The van der Waals surface area contributed by atoms with Crippen molar-refractivity contribution in [3.8, 4) is 0 Å². The molecule has 1 rings (SSSR count). The molecule has 0 saturated heterocycles. The Morgan fingerprint density at radius 1 is 0.778 bits per heavy atom. The number of rotatable bonds is 1. The zero-order chi connectivity index (χ0) is 14.4. The van der Waals surface area contributed by atoms with Crippen LogP contribution in [0, 0.1) is 0 Å². The van der Waals surface area contributed by atoms with Crippen LogP contribution in [-0.2, 0) is 16.1 Å². The Hall–Kier alpha value is -0.785. The molecule has 1 nitrogen and oxygen atoms in total. The first kappa shape index (κ1) is 15.3. The first-order chi connectivity index (χ1) is 7.82. The van der Waals surface area contributed by atoms with Gasteiger partial charge in [-0.15, -0.1) is 0 Å². The maximum Gasteiger partial charge on any atom is 0.0824 e. The molecule has 2 heteroatoms. The van der Waals surface area contributed by atoms with Crippen LogP contribution in [0.5, 0.6) is 0 Å². The number of pyridine rings is 1. The van der Waals surface area contributed by atoms with Gasteiger partial charge in [-0.25, -0.2) is 0 Å². The molecule has 1 heterocycles. The molecule has 0 N–H and O–H groups in total. The zero-order valence-electron chi connectivity index (χ0n) is 13.2. The lowest BCUT2D eigenvalue weighted by molar-refractivity contribution is 0.542. The fraction of sp³-hybridized carbons (Fsp3) is 0.688. The van der Waals surface area contributed by atoms with E-state index in [0.717, 1.165) is 11.4 Å². The van der Waals surface area contributed by atoms with Crippen LogP contribution < -0.4 is 0 Å². The summed E-state index contributed by atoms with van der Waals surface area (Å²) in [6, 6.07) is 4.37. The highest BCUT2D eigenvalue weighted by Crippen LogP contribution is 2.31. The monoisotopic (exact) mass is 243 g/mol. The minimum Gasteiger partial charge on any atom is -0.258 e. The van der Waals surface area contributed by atoms with Crippen molar-refractivity contribution in [3.05, 3.63) is 29.1 Å². The van der Waals surface area contributed by atoms with Crippen molar-refractivity contribution >= 4 is 7.85 Å². The molecule has 0 bridgehead atoms. The summed E-state index contributed by atoms with van der Waals surface area (Å²) < 4.78 is 0. The maximum absolute atomic E-state index is 6.22. The van der Waals surface area contributed by atoms with Crippen molar-refractivity contribution in [1.82, 2.24) is 4.98 Å². The zero-order valence-corrected chi connectivity index (χ0v) is 13.2. The van der Waals surface area contributed by atoms with Gasteiger partial charge in [0.1, 0.15) is 0 Å². The van der Waals surface area contributed by atoms with Crippen molar-refractivity contribution < 1.29 is 0 Å². The second-order valence-corrected chi connectivity index (χ2v) is 7.85. The lowest BCUT2D eigenvalue weighted by atomic mass is 9.68. The fourth-order valence-corrected chi connectivity index (χ4v) is 1.68. The van der Waals surface area contributed by atoms with Crippen molar-refractivity contribution in [3.63, 3.8) is 0 Å². The Labute approximate surface area is 114 Å². The molecular weight excluding hydrogens is 217 g/mol. The summed E-state index contributed by atoms with van der Waals surface area (Å²) in [5, 5.41) is -0.402. The van der Waals surface area contributed by atoms with Gasteiger partial charge in [-0.3, -0.25) is 4.98 Å². The van der Waals surface area contributed by atoms with E-state index in [4.69, 9.17) is 12.8 Å². The Kier molecular flexibility index (Phi) is 3.73. The topological polar surface area (TPSA) is 12.9 Å². The fourth-order valence-electron chi connectivity index (χ4n) is 1.68. The summed E-state index contributed by atoms with van der Waals surface area (Å²) >= 11 is 0. The van der Waals surface area contributed by atoms with Crippen LogP contribution in [0.25, 0.3) is 0 Å². The molecule has 98 valence electrons. The van der Waals surface area contributed by atoms with Crippen LogP contribution in [0.15, 0.2) is 12.1 Å². The minimum absolute atomic E-state index is 0.0429. The molecule has 0 spiro atoms. The van der Waals surface area contributed by atoms with Crippen LogP contribution in [0.3, 0.4) is 0 Å². The van der Waals surface area contributed by atoms with E-state index in [9.17, 15) is 0 Å². The third-order valence-electron chi connectivity index (χ3n) is 3.12. The highest BCUT2D eigenvalue weighted by Gasteiger charge is 2.25. The molecule has 0 aliphatic carbocycles. The van der Waals surface area contributed by atoms with E-state index in [-0.39, 0.29) is 10.8 Å². The average Bonchev–Trinajstić information content (AvgIpc) is 2.13. The smallest absolute Gasteiger partial charge is 0.0824 e. The van der Waals surface area contributed by atoms with Crippen molar-refractivity contribution in [1.29, 1.82) is 0 Å². The second-order valence-electron chi connectivity index (χ2n) is 7.85. The standard InChI is InChI=1S/C16H26BN/c1-14(2,3)11-9-12(15(4,5)6)18-13(10-11)16(7,8)17/h9-10H,1-8H3. The molecule has 0 fully saturated rings. The number of hydrogen-bond acceptors (Lipinski definition) is 1. The normalized spacial score (nSPS) is 13.8. The predicted octanol–water partition coefficient (Wildman–Crippen LogP) is 4.08. The van der Waals surface area contributed by atoms with Crippen LogP contribution in [0.1, 0.15) is 72.3 Å². The molecule has 18 heavy (non-hydrogen) atoms. The second kappa shape index (κ2) is 4.40. The molecule has 1 aromatic rings. The average molecular weight is 243 g/mol. The summed E-state index contributed by atoms with van der Waals surface area (Å²) in [5.74, 6) is 0. The number of hydrogen-bond donors (Lipinski definition) is 0. The molecule has 0 saturated carbocycles. The van der Waals surface area contributed by atoms with Gasteiger partial charge < -0.3 is 0 Å². The summed E-state index contributed by atoms with van der Waals surface area (Å²) in [5.41, 5.74) is 3.55. The van der Waals surface area contributed by atoms with E-state index in [2.05, 4.69) is 53.7 Å². The molecule has 0 amide bonds. The Bertz CT molecular complexity index is 349. The van der Waals surface area contributed by atoms with Gasteiger partial charge in [-0.2, -0.15) is 0 Å². The van der Waals surface area contributed by atoms with Crippen molar-refractivity contribution in [2.75, 3.05) is 0 Å². The molecule has 0 atom stereocenters. The van der Waals surface area contributed by atoms with E-state index in [1.165, 1.54) is 5.56 Å². The number of nitrogens with zero attached hydrogens (tertiary/aromatic N) is 1. The largest absolute Gasteiger partial charge is 0.258 e. The predicted molar refractivity (Wildman–Crippen MR) is 80.4 cm³/mol. The molecule has 0 aromatic carbocycles. The van der Waals surface area contributed by atoms with Crippen molar-refractivity contribution in [2.45, 2.75) is 71.5 Å². The molecule has 1 aromatic heterocycles. The first-order valence-electron chi connectivity index (χ1n) is 6.64. The van der Waals surface area contributed by atoms with Gasteiger partial charge in [0, 0.05) is 16.8 Å². The van der Waals surface area contributed by atoms with Crippen LogP contribution >= 0.6 is 0 Å². The van der Waals surface area contributed by atoms with Gasteiger partial charge in [0.2, 0.25) is 0 Å². The minimum atomic E-state index is -0.402. The Balaban J connectivity index is 3.49. The van der Waals surface area contributed by atoms with Gasteiger partial charge in [0.05, 0.1) is 7.85 Å². The SMILES string of the molecule is [B]C(C)(C)c1cc(C(C)(C)C)cc(C(C)(C)C)n1.